The second-order valence-corrected chi connectivity index (χ2v) is 7.95. The lowest BCUT2D eigenvalue weighted by atomic mass is 9.96. The number of carbonyl (C=O) groups excluding carboxylic acids is 1. The number of halogens is 3. The summed E-state index contributed by atoms with van der Waals surface area (Å²) in [5.41, 5.74) is 1.37. The highest BCUT2D eigenvalue weighted by molar-refractivity contribution is 5.94. The Balaban J connectivity index is 1.38. The summed E-state index contributed by atoms with van der Waals surface area (Å²) in [5, 5.41) is 2.79. The number of nitrogens with zero attached hydrogens (tertiary/aromatic N) is 3. The van der Waals surface area contributed by atoms with Gasteiger partial charge in [-0.2, -0.15) is 13.2 Å². The van der Waals surface area contributed by atoms with Gasteiger partial charge in [0.2, 0.25) is 5.89 Å². The van der Waals surface area contributed by atoms with Crippen molar-refractivity contribution in [1.29, 1.82) is 0 Å². The van der Waals surface area contributed by atoms with Gasteiger partial charge in [0.25, 0.3) is 5.91 Å². The molecule has 5 rings (SSSR count). The van der Waals surface area contributed by atoms with Crippen LogP contribution in [-0.2, 0) is 12.6 Å². The van der Waals surface area contributed by atoms with E-state index in [0.29, 0.717) is 42.3 Å². The first-order valence-electron chi connectivity index (χ1n) is 10.2. The van der Waals surface area contributed by atoms with Crippen molar-refractivity contribution in [1.82, 2.24) is 20.3 Å². The molecule has 2 aliphatic rings. The molecule has 3 heterocycles. The van der Waals surface area contributed by atoms with Gasteiger partial charge in [0.1, 0.15) is 11.5 Å². The van der Waals surface area contributed by atoms with Crippen LogP contribution < -0.4 is 5.32 Å². The van der Waals surface area contributed by atoms with Crippen molar-refractivity contribution in [2.24, 2.45) is 0 Å². The average Bonchev–Trinajstić information content (AvgIpc) is 3.52. The van der Waals surface area contributed by atoms with E-state index in [2.05, 4.69) is 20.3 Å². The maximum Gasteiger partial charge on any atom is 0.417 e. The van der Waals surface area contributed by atoms with Crippen molar-refractivity contribution in [3.05, 3.63) is 65.1 Å². The lowest BCUT2D eigenvalue weighted by Crippen LogP contribution is -2.31. The number of oxazole rings is 1. The minimum Gasteiger partial charge on any atom is -0.441 e. The fourth-order valence-electron chi connectivity index (χ4n) is 3.83. The average molecular weight is 428 g/mol. The molecule has 3 aromatic heterocycles. The Morgan fingerprint density at radius 1 is 1.16 bits per heavy atom. The molecular formula is C22H19F3N4O2. The quantitative estimate of drug-likeness (QED) is 0.644. The van der Waals surface area contributed by atoms with Crippen LogP contribution in [-0.4, -0.2) is 20.9 Å². The van der Waals surface area contributed by atoms with Gasteiger partial charge in [-0.15, -0.1) is 0 Å². The van der Waals surface area contributed by atoms with E-state index in [-0.39, 0.29) is 5.56 Å². The minimum absolute atomic E-state index is 0.145. The number of aromatic nitrogens is 3. The third-order valence-corrected chi connectivity index (χ3v) is 5.61. The van der Waals surface area contributed by atoms with Crippen molar-refractivity contribution < 1.29 is 22.4 Å². The molecule has 6 nitrogen and oxygen atoms in total. The van der Waals surface area contributed by atoms with Gasteiger partial charge >= 0.3 is 6.18 Å². The van der Waals surface area contributed by atoms with E-state index in [4.69, 9.17) is 4.42 Å². The molecule has 160 valence electrons. The fraction of sp³-hybridized carbons (Fsp3) is 0.364. The first-order valence-corrected chi connectivity index (χ1v) is 10.2. The Bertz CT molecular complexity index is 1140. The molecule has 0 aliphatic heterocycles. The predicted octanol–water partition coefficient (Wildman–Crippen LogP) is 4.84. The van der Waals surface area contributed by atoms with E-state index in [0.717, 1.165) is 42.8 Å². The van der Waals surface area contributed by atoms with Crippen molar-refractivity contribution in [3.8, 4) is 11.5 Å². The van der Waals surface area contributed by atoms with Gasteiger partial charge in [-0.3, -0.25) is 14.8 Å². The van der Waals surface area contributed by atoms with Crippen LogP contribution >= 0.6 is 0 Å². The van der Waals surface area contributed by atoms with E-state index in [1.807, 2.05) is 12.1 Å². The molecule has 1 saturated carbocycles. The van der Waals surface area contributed by atoms with Crippen molar-refractivity contribution >= 4 is 5.91 Å². The van der Waals surface area contributed by atoms with Gasteiger partial charge in [-0.25, -0.2) is 4.98 Å². The summed E-state index contributed by atoms with van der Waals surface area (Å²) < 4.78 is 44.8. The predicted molar refractivity (Wildman–Crippen MR) is 104 cm³/mol. The highest BCUT2D eigenvalue weighted by atomic mass is 19.4. The summed E-state index contributed by atoms with van der Waals surface area (Å²) in [5.74, 6) is 1.04. The van der Waals surface area contributed by atoms with E-state index < -0.39 is 23.7 Å². The maximum atomic E-state index is 12.9. The van der Waals surface area contributed by atoms with Gasteiger partial charge in [-0.1, -0.05) is 0 Å². The molecule has 0 saturated heterocycles. The molecule has 9 heteroatoms. The van der Waals surface area contributed by atoms with Crippen LogP contribution in [0.15, 0.2) is 41.2 Å². The molecule has 1 amide bonds. The summed E-state index contributed by atoms with van der Waals surface area (Å²) in [6.07, 6.45) is 3.37. The number of alkyl halides is 3. The van der Waals surface area contributed by atoms with Crippen LogP contribution in [0.25, 0.3) is 11.5 Å². The lowest BCUT2D eigenvalue weighted by Gasteiger charge is -2.21. The molecule has 1 atom stereocenters. The van der Waals surface area contributed by atoms with Crippen molar-refractivity contribution in [2.75, 3.05) is 0 Å². The maximum absolute atomic E-state index is 12.9. The standard InChI is InChI=1S/C22H19F3N4O2/c23-22(24,25)15-8-14(10-26-11-15)20(30)28-16-2-1-3-18-19(16)29-21(31-18)13-6-7-27-17(9-13)12-4-5-12/h6-12,16H,1-5H2,(H,28,30). The molecule has 1 N–H and O–H groups in total. The SMILES string of the molecule is O=C(NC1CCCc2oc(-c3ccnc(C4CC4)c3)nc21)c1cncc(C(F)(F)F)c1. The van der Waals surface area contributed by atoms with Crippen LogP contribution in [0, 0.1) is 0 Å². The molecule has 31 heavy (non-hydrogen) atoms. The Hall–Kier alpha value is -3.23. The summed E-state index contributed by atoms with van der Waals surface area (Å²) in [4.78, 5) is 25.2. The van der Waals surface area contributed by atoms with Crippen LogP contribution in [0.2, 0.25) is 0 Å². The number of rotatable bonds is 4. The number of pyridine rings is 2. The molecule has 2 aliphatic carbocycles. The first-order chi connectivity index (χ1) is 14.9. The molecule has 0 bridgehead atoms. The Kier molecular flexibility index (Phi) is 4.75. The van der Waals surface area contributed by atoms with E-state index in [1.165, 1.54) is 0 Å². The van der Waals surface area contributed by atoms with Crippen LogP contribution in [0.5, 0.6) is 0 Å². The Labute approximate surface area is 175 Å². The zero-order valence-electron chi connectivity index (χ0n) is 16.4. The van der Waals surface area contributed by atoms with Gasteiger partial charge in [0, 0.05) is 42.2 Å². The summed E-state index contributed by atoms with van der Waals surface area (Å²) in [6.45, 7) is 0. The number of aryl methyl sites for hydroxylation is 1. The monoisotopic (exact) mass is 428 g/mol. The van der Waals surface area contributed by atoms with Gasteiger partial charge in [0.05, 0.1) is 17.2 Å². The zero-order chi connectivity index (χ0) is 21.6. The molecular weight excluding hydrogens is 409 g/mol. The Morgan fingerprint density at radius 3 is 2.77 bits per heavy atom. The molecule has 0 radical (unpaired) electrons. The minimum atomic E-state index is -4.56. The molecule has 3 aromatic rings. The Morgan fingerprint density at radius 2 is 2.00 bits per heavy atom. The summed E-state index contributed by atoms with van der Waals surface area (Å²) in [7, 11) is 0. The summed E-state index contributed by atoms with van der Waals surface area (Å²) in [6, 6.07) is 4.19. The number of hydrogen-bond acceptors (Lipinski definition) is 5. The third-order valence-electron chi connectivity index (χ3n) is 5.61. The third kappa shape index (κ3) is 4.04. The van der Waals surface area contributed by atoms with Crippen LogP contribution in [0.1, 0.15) is 70.7 Å². The highest BCUT2D eigenvalue weighted by Crippen LogP contribution is 2.40. The smallest absolute Gasteiger partial charge is 0.417 e. The van der Waals surface area contributed by atoms with Crippen LogP contribution in [0.4, 0.5) is 13.2 Å². The van der Waals surface area contributed by atoms with Gasteiger partial charge in [-0.05, 0) is 43.9 Å². The summed E-state index contributed by atoms with van der Waals surface area (Å²) >= 11 is 0. The molecule has 1 unspecified atom stereocenters. The van der Waals surface area contributed by atoms with E-state index >= 15 is 0 Å². The van der Waals surface area contributed by atoms with Gasteiger partial charge < -0.3 is 9.73 Å². The van der Waals surface area contributed by atoms with Crippen molar-refractivity contribution in [3.63, 3.8) is 0 Å². The number of nitrogens with one attached hydrogen (secondary N) is 1. The topological polar surface area (TPSA) is 80.9 Å². The molecule has 1 fully saturated rings. The fourth-order valence-corrected chi connectivity index (χ4v) is 3.83. The van der Waals surface area contributed by atoms with E-state index in [1.54, 1.807) is 6.20 Å². The number of hydrogen-bond donors (Lipinski definition) is 1. The number of amides is 1. The second-order valence-electron chi connectivity index (χ2n) is 7.95. The molecule has 0 spiro atoms. The number of fused-ring (bicyclic) bond motifs is 1. The van der Waals surface area contributed by atoms with E-state index in [9.17, 15) is 18.0 Å². The normalized spacial score (nSPS) is 18.5. The number of carbonyl (C=O) groups is 1. The van der Waals surface area contributed by atoms with Crippen molar-refractivity contribution in [2.45, 2.75) is 50.2 Å². The second kappa shape index (κ2) is 7.47. The highest BCUT2D eigenvalue weighted by Gasteiger charge is 2.33. The largest absolute Gasteiger partial charge is 0.441 e. The van der Waals surface area contributed by atoms with Gasteiger partial charge in [0.15, 0.2) is 0 Å². The zero-order valence-corrected chi connectivity index (χ0v) is 16.4. The molecule has 0 aromatic carbocycles. The van der Waals surface area contributed by atoms with Crippen LogP contribution in [0.3, 0.4) is 0 Å². The first kappa shape index (κ1) is 19.7. The lowest BCUT2D eigenvalue weighted by molar-refractivity contribution is -0.137.